The van der Waals surface area contributed by atoms with E-state index in [0.717, 1.165) is 77.0 Å². The van der Waals surface area contributed by atoms with Crippen LogP contribution in [0.4, 0.5) is 0 Å². The second-order valence-electron chi connectivity index (χ2n) is 20.1. The number of aliphatic hydroxyl groups excluding tert-OH is 7. The van der Waals surface area contributed by atoms with Crippen molar-refractivity contribution in [2.75, 3.05) is 33.0 Å². The predicted octanol–water partition coefficient (Wildman–Crippen LogP) is 10.1. The van der Waals surface area contributed by atoms with Crippen LogP contribution in [0.1, 0.15) is 206 Å². The van der Waals surface area contributed by atoms with E-state index in [9.17, 15) is 40.5 Å². The molecule has 0 saturated carbocycles. The molecule has 2 aliphatic heterocycles. The fourth-order valence-corrected chi connectivity index (χ4v) is 8.86. The minimum absolute atomic E-state index is 0.0545. The molecule has 0 spiro atoms. The van der Waals surface area contributed by atoms with E-state index in [1.54, 1.807) is 0 Å². The number of hydrogen-bond donors (Lipinski definition) is 7. The Labute approximate surface area is 441 Å². The molecule has 2 aliphatic rings. The SMILES string of the molecule is CC/C=C\C/C=C\C/C=C\C/C=C\CCCCCCCCCCCCC(=O)OC(COCCCCCCCC/C=C\CCCCCCCC)COC1OC(COC2OC(CO)C(O)C(O)C2O)C(O)C(O)C1O. The van der Waals surface area contributed by atoms with Gasteiger partial charge in [-0.1, -0.05) is 184 Å². The van der Waals surface area contributed by atoms with Crippen LogP contribution in [0, 0.1) is 0 Å². The van der Waals surface area contributed by atoms with Gasteiger partial charge in [0.25, 0.3) is 0 Å². The van der Waals surface area contributed by atoms with Crippen molar-refractivity contribution in [2.45, 2.75) is 274 Å². The monoisotopic (exact) mass is 1040 g/mol. The molecular formula is C59H104O14. The van der Waals surface area contributed by atoms with Gasteiger partial charge in [-0.25, -0.2) is 0 Å². The molecule has 2 heterocycles. The van der Waals surface area contributed by atoms with E-state index in [4.69, 9.17) is 28.4 Å². The van der Waals surface area contributed by atoms with E-state index in [0.29, 0.717) is 13.0 Å². The summed E-state index contributed by atoms with van der Waals surface area (Å²) in [5.74, 6) is -0.383. The highest BCUT2D eigenvalue weighted by Gasteiger charge is 2.47. The Morgan fingerprint density at radius 2 is 0.890 bits per heavy atom. The van der Waals surface area contributed by atoms with E-state index in [1.165, 1.54) is 103 Å². The number of carbonyl (C=O) groups is 1. The lowest BCUT2D eigenvalue weighted by molar-refractivity contribution is -0.332. The molecule has 2 rings (SSSR count). The van der Waals surface area contributed by atoms with Crippen molar-refractivity contribution in [3.63, 3.8) is 0 Å². The number of esters is 1. The zero-order chi connectivity index (χ0) is 53.0. The lowest BCUT2D eigenvalue weighted by atomic mass is 9.98. The minimum Gasteiger partial charge on any atom is -0.457 e. The minimum atomic E-state index is -1.71. The molecule has 0 aromatic rings. The van der Waals surface area contributed by atoms with Gasteiger partial charge >= 0.3 is 5.97 Å². The van der Waals surface area contributed by atoms with Crippen LogP contribution < -0.4 is 0 Å². The maximum absolute atomic E-state index is 13.1. The Morgan fingerprint density at radius 1 is 0.466 bits per heavy atom. The molecule has 2 fully saturated rings. The second-order valence-corrected chi connectivity index (χ2v) is 20.1. The summed E-state index contributed by atoms with van der Waals surface area (Å²) >= 11 is 0. The molecule has 0 amide bonds. The van der Waals surface area contributed by atoms with Gasteiger partial charge in [-0.2, -0.15) is 0 Å². The molecule has 7 N–H and O–H groups in total. The first-order chi connectivity index (χ1) is 35.6. The molecular weight excluding hydrogens is 933 g/mol. The summed E-state index contributed by atoms with van der Waals surface area (Å²) in [5, 5.41) is 72.3. The third-order valence-corrected chi connectivity index (χ3v) is 13.5. The number of aliphatic hydroxyl groups is 7. The second kappa shape index (κ2) is 45.8. The van der Waals surface area contributed by atoms with Gasteiger partial charge < -0.3 is 64.2 Å². The van der Waals surface area contributed by atoms with Crippen molar-refractivity contribution in [1.82, 2.24) is 0 Å². The maximum atomic E-state index is 13.1. The van der Waals surface area contributed by atoms with E-state index < -0.39 is 80.7 Å². The molecule has 11 unspecified atom stereocenters. The van der Waals surface area contributed by atoms with Gasteiger partial charge in [-0.3, -0.25) is 4.79 Å². The highest BCUT2D eigenvalue weighted by Crippen LogP contribution is 2.26. The van der Waals surface area contributed by atoms with Crippen LogP contribution in [0.15, 0.2) is 60.8 Å². The van der Waals surface area contributed by atoms with Gasteiger partial charge in [-0.15, -0.1) is 0 Å². The fourth-order valence-electron chi connectivity index (χ4n) is 8.86. The summed E-state index contributed by atoms with van der Waals surface area (Å²) in [6, 6.07) is 0. The van der Waals surface area contributed by atoms with Crippen LogP contribution in [0.5, 0.6) is 0 Å². The number of allylic oxidation sites excluding steroid dienone is 10. The first kappa shape index (κ1) is 66.8. The first-order valence-electron chi connectivity index (χ1n) is 28.9. The van der Waals surface area contributed by atoms with Crippen LogP contribution in [0.25, 0.3) is 0 Å². The molecule has 0 aliphatic carbocycles. The normalized spacial score (nSPS) is 25.4. The summed E-state index contributed by atoms with van der Waals surface area (Å²) < 4.78 is 34.4. The smallest absolute Gasteiger partial charge is 0.306 e. The average Bonchev–Trinajstić information content (AvgIpc) is 3.39. The van der Waals surface area contributed by atoms with Crippen LogP contribution in [-0.2, 0) is 33.2 Å². The van der Waals surface area contributed by atoms with Crippen molar-refractivity contribution >= 4 is 5.97 Å². The molecule has 424 valence electrons. The number of unbranched alkanes of at least 4 members (excludes halogenated alkanes) is 22. The Balaban J connectivity index is 1.71. The zero-order valence-electron chi connectivity index (χ0n) is 45.4. The van der Waals surface area contributed by atoms with Crippen molar-refractivity contribution < 1.29 is 69.0 Å². The topological polar surface area (TPSA) is 214 Å². The Bertz CT molecular complexity index is 1440. The van der Waals surface area contributed by atoms with Crippen LogP contribution in [0.3, 0.4) is 0 Å². The van der Waals surface area contributed by atoms with Crippen LogP contribution in [-0.4, -0.2) is 142 Å². The van der Waals surface area contributed by atoms with E-state index >= 15 is 0 Å². The average molecular weight is 1040 g/mol. The molecule has 2 saturated heterocycles. The van der Waals surface area contributed by atoms with Gasteiger partial charge in [0, 0.05) is 13.0 Å². The molecule has 14 heteroatoms. The van der Waals surface area contributed by atoms with Crippen LogP contribution in [0.2, 0.25) is 0 Å². The molecule has 14 nitrogen and oxygen atoms in total. The quantitative estimate of drug-likeness (QED) is 0.0172. The summed E-state index contributed by atoms with van der Waals surface area (Å²) in [5.41, 5.74) is 0. The molecule has 0 bridgehead atoms. The lowest BCUT2D eigenvalue weighted by Gasteiger charge is -2.42. The van der Waals surface area contributed by atoms with E-state index in [-0.39, 0.29) is 25.6 Å². The van der Waals surface area contributed by atoms with Crippen molar-refractivity contribution in [1.29, 1.82) is 0 Å². The number of hydrogen-bond acceptors (Lipinski definition) is 14. The molecule has 0 aromatic heterocycles. The van der Waals surface area contributed by atoms with Crippen molar-refractivity contribution in [3.05, 3.63) is 60.8 Å². The largest absolute Gasteiger partial charge is 0.457 e. The van der Waals surface area contributed by atoms with Gasteiger partial charge in [-0.05, 0) is 77.0 Å². The zero-order valence-corrected chi connectivity index (χ0v) is 45.4. The molecule has 0 radical (unpaired) electrons. The van der Waals surface area contributed by atoms with E-state index in [2.05, 4.69) is 74.6 Å². The number of carbonyl (C=O) groups excluding carboxylic acids is 1. The highest BCUT2D eigenvalue weighted by molar-refractivity contribution is 5.69. The standard InChI is InChI=1S/C59H104O14/c1-3-5-7-9-11-13-15-17-19-21-22-23-24-25-26-27-28-30-32-34-36-38-40-42-51(61)71-48(45-68-43-41-39-37-35-33-31-29-20-18-16-14-12-10-8-6-4-2)46-69-58-57(67)55(65)53(63)50(73-58)47-70-59-56(66)54(64)52(62)49(44-60)72-59/h5,7,11,13,17-20,22-23,48-50,52-60,62-67H,3-4,6,8-10,12,14-16,21,24-47H2,1-2H3/b7-5-,13-11-,19-17-,20-18-,23-22-. The fraction of sp³-hybridized carbons (Fsp3) is 0.814. The van der Waals surface area contributed by atoms with Gasteiger partial charge in [0.1, 0.15) is 54.9 Å². The van der Waals surface area contributed by atoms with Crippen LogP contribution >= 0.6 is 0 Å². The molecule has 11 atom stereocenters. The first-order valence-corrected chi connectivity index (χ1v) is 28.9. The summed E-state index contributed by atoms with van der Waals surface area (Å²) in [7, 11) is 0. The third-order valence-electron chi connectivity index (χ3n) is 13.5. The summed E-state index contributed by atoms with van der Waals surface area (Å²) in [4.78, 5) is 13.1. The van der Waals surface area contributed by atoms with Gasteiger partial charge in [0.2, 0.25) is 0 Å². The Morgan fingerprint density at radius 3 is 1.41 bits per heavy atom. The predicted molar refractivity (Wildman–Crippen MR) is 289 cm³/mol. The number of ether oxygens (including phenoxy) is 6. The van der Waals surface area contributed by atoms with E-state index in [1.807, 2.05) is 0 Å². The van der Waals surface area contributed by atoms with Gasteiger partial charge in [0.05, 0.1) is 26.4 Å². The van der Waals surface area contributed by atoms with Crippen molar-refractivity contribution in [3.8, 4) is 0 Å². The molecule has 73 heavy (non-hydrogen) atoms. The molecule has 0 aromatic carbocycles. The van der Waals surface area contributed by atoms with Crippen molar-refractivity contribution in [2.24, 2.45) is 0 Å². The maximum Gasteiger partial charge on any atom is 0.306 e. The van der Waals surface area contributed by atoms with Gasteiger partial charge in [0.15, 0.2) is 12.6 Å². The summed E-state index contributed by atoms with van der Waals surface area (Å²) in [6.45, 7) is 3.56. The highest BCUT2D eigenvalue weighted by atomic mass is 16.7. The third kappa shape index (κ3) is 32.8. The Kier molecular flexibility index (Phi) is 42.0. The summed E-state index contributed by atoms with van der Waals surface area (Å²) in [6.07, 6.45) is 39.9. The number of rotatable bonds is 46. The Hall–Kier alpha value is -2.31. The lowest BCUT2D eigenvalue weighted by Crippen LogP contribution is -2.61.